The lowest BCUT2D eigenvalue weighted by molar-refractivity contribution is -0.137. The Kier molecular flexibility index (Phi) is 6.44. The summed E-state index contributed by atoms with van der Waals surface area (Å²) in [6.45, 7) is 0.605. The molecule has 0 bridgehead atoms. The summed E-state index contributed by atoms with van der Waals surface area (Å²) in [5.41, 5.74) is 0. The van der Waals surface area contributed by atoms with Crippen LogP contribution in [0.15, 0.2) is 0 Å². The average Bonchev–Trinajstić information content (AvgIpc) is 2.16. The Bertz CT molecular complexity index is 220. The van der Waals surface area contributed by atoms with Gasteiger partial charge in [-0.15, -0.1) is 0 Å². The van der Waals surface area contributed by atoms with E-state index in [1.165, 1.54) is 9.80 Å². The van der Waals surface area contributed by atoms with E-state index in [2.05, 4.69) is 0 Å². The summed E-state index contributed by atoms with van der Waals surface area (Å²) in [5, 5.41) is 17.0. The Morgan fingerprint density at radius 3 is 2.13 bits per heavy atom. The van der Waals surface area contributed by atoms with E-state index in [-0.39, 0.29) is 25.6 Å². The number of carboxylic acids is 1. The minimum Gasteiger partial charge on any atom is -0.481 e. The number of aliphatic hydroxyl groups excluding tert-OH is 1. The van der Waals surface area contributed by atoms with Gasteiger partial charge in [0.15, 0.2) is 0 Å². The molecule has 0 rings (SSSR count). The van der Waals surface area contributed by atoms with Gasteiger partial charge < -0.3 is 20.0 Å². The summed E-state index contributed by atoms with van der Waals surface area (Å²) in [7, 11) is 3.20. The predicted molar refractivity (Wildman–Crippen MR) is 54.6 cm³/mol. The van der Waals surface area contributed by atoms with Crippen molar-refractivity contribution in [1.82, 2.24) is 9.80 Å². The van der Waals surface area contributed by atoms with Crippen molar-refractivity contribution in [2.75, 3.05) is 33.8 Å². The van der Waals surface area contributed by atoms with E-state index in [9.17, 15) is 9.59 Å². The van der Waals surface area contributed by atoms with Gasteiger partial charge in [0.2, 0.25) is 0 Å². The molecule has 15 heavy (non-hydrogen) atoms. The first-order valence-corrected chi connectivity index (χ1v) is 4.78. The van der Waals surface area contributed by atoms with E-state index in [1.807, 2.05) is 0 Å². The minimum atomic E-state index is -0.862. The number of aliphatic carboxylic acids is 1. The Morgan fingerprint density at radius 1 is 1.13 bits per heavy atom. The van der Waals surface area contributed by atoms with Crippen LogP contribution in [0.2, 0.25) is 0 Å². The van der Waals surface area contributed by atoms with Crippen LogP contribution in [0.25, 0.3) is 0 Å². The molecule has 0 unspecified atom stereocenters. The van der Waals surface area contributed by atoms with E-state index in [1.54, 1.807) is 14.1 Å². The number of likely N-dealkylation sites (N-methyl/N-ethyl adjacent to an activating group) is 1. The molecule has 6 nitrogen and oxygen atoms in total. The van der Waals surface area contributed by atoms with Gasteiger partial charge in [-0.2, -0.15) is 0 Å². The lowest BCUT2D eigenvalue weighted by atomic mass is 10.3. The Morgan fingerprint density at radius 2 is 1.67 bits per heavy atom. The van der Waals surface area contributed by atoms with Gasteiger partial charge in [0.25, 0.3) is 0 Å². The Balaban J connectivity index is 3.82. The molecule has 6 heteroatoms. The molecule has 88 valence electrons. The largest absolute Gasteiger partial charge is 0.481 e. The molecule has 0 atom stereocenters. The van der Waals surface area contributed by atoms with Gasteiger partial charge in [-0.05, 0) is 6.42 Å². The minimum absolute atomic E-state index is 0.0569. The Hall–Kier alpha value is -1.30. The number of carbonyl (C=O) groups excluding carboxylic acids is 1. The SMILES string of the molecule is CN(CCO)C(=O)N(C)CCCC(=O)O. The van der Waals surface area contributed by atoms with Crippen LogP contribution >= 0.6 is 0 Å². The molecular weight excluding hydrogens is 200 g/mol. The number of hydrogen-bond acceptors (Lipinski definition) is 3. The number of carboxylic acid groups (broad SMARTS) is 1. The normalized spacial score (nSPS) is 9.80. The van der Waals surface area contributed by atoms with E-state index in [0.29, 0.717) is 13.0 Å². The first kappa shape index (κ1) is 13.7. The molecule has 0 aromatic carbocycles. The highest BCUT2D eigenvalue weighted by Crippen LogP contribution is 1.97. The van der Waals surface area contributed by atoms with Gasteiger partial charge in [-0.1, -0.05) is 0 Å². The van der Waals surface area contributed by atoms with Gasteiger partial charge in [0.1, 0.15) is 0 Å². The molecule has 0 spiro atoms. The smallest absolute Gasteiger partial charge is 0.319 e. The molecule has 0 radical (unpaired) electrons. The molecule has 2 amide bonds. The van der Waals surface area contributed by atoms with Gasteiger partial charge >= 0.3 is 12.0 Å². The molecule has 0 saturated carbocycles. The second kappa shape index (κ2) is 7.05. The predicted octanol–water partition coefficient (Wildman–Crippen LogP) is -0.173. The summed E-state index contributed by atoms with van der Waals surface area (Å²) in [5.74, 6) is -0.862. The van der Waals surface area contributed by atoms with Crippen LogP contribution in [0.1, 0.15) is 12.8 Å². The number of hydrogen-bond donors (Lipinski definition) is 2. The molecule has 2 N–H and O–H groups in total. The van der Waals surface area contributed by atoms with Crippen molar-refractivity contribution in [3.8, 4) is 0 Å². The third-order valence-electron chi connectivity index (χ3n) is 1.97. The number of aliphatic hydroxyl groups is 1. The van der Waals surface area contributed by atoms with Crippen LogP contribution in [0, 0.1) is 0 Å². The van der Waals surface area contributed by atoms with E-state index >= 15 is 0 Å². The third-order valence-corrected chi connectivity index (χ3v) is 1.97. The molecule has 0 aromatic heterocycles. The van der Waals surface area contributed by atoms with Gasteiger partial charge in [-0.3, -0.25) is 4.79 Å². The maximum atomic E-state index is 11.5. The zero-order chi connectivity index (χ0) is 11.8. The molecule has 0 heterocycles. The zero-order valence-electron chi connectivity index (χ0n) is 9.14. The van der Waals surface area contributed by atoms with Gasteiger partial charge in [0, 0.05) is 33.6 Å². The van der Waals surface area contributed by atoms with Crippen LogP contribution in [-0.4, -0.2) is 65.8 Å². The monoisotopic (exact) mass is 218 g/mol. The fourth-order valence-corrected chi connectivity index (χ4v) is 1.10. The fraction of sp³-hybridized carbons (Fsp3) is 0.778. The van der Waals surface area contributed by atoms with Crippen molar-refractivity contribution in [2.24, 2.45) is 0 Å². The van der Waals surface area contributed by atoms with Crippen LogP contribution in [0.4, 0.5) is 4.79 Å². The molecule has 0 aliphatic carbocycles. The lowest BCUT2D eigenvalue weighted by Gasteiger charge is -2.24. The highest BCUT2D eigenvalue weighted by Gasteiger charge is 2.13. The summed E-state index contributed by atoms with van der Waals surface area (Å²) < 4.78 is 0. The molecule has 0 fully saturated rings. The Labute approximate surface area is 89.1 Å². The maximum absolute atomic E-state index is 11.5. The molecule has 0 aliphatic heterocycles. The van der Waals surface area contributed by atoms with Crippen molar-refractivity contribution < 1.29 is 19.8 Å². The van der Waals surface area contributed by atoms with Crippen LogP contribution in [0.3, 0.4) is 0 Å². The fourth-order valence-electron chi connectivity index (χ4n) is 1.10. The summed E-state index contributed by atoms with van der Waals surface area (Å²) in [6, 6.07) is -0.213. The second-order valence-electron chi connectivity index (χ2n) is 3.35. The summed E-state index contributed by atoms with van der Waals surface area (Å²) in [4.78, 5) is 24.6. The highest BCUT2D eigenvalue weighted by atomic mass is 16.4. The molecular formula is C9H18N2O4. The van der Waals surface area contributed by atoms with Crippen molar-refractivity contribution in [3.63, 3.8) is 0 Å². The van der Waals surface area contributed by atoms with Crippen LogP contribution in [-0.2, 0) is 4.79 Å². The van der Waals surface area contributed by atoms with Crippen molar-refractivity contribution in [3.05, 3.63) is 0 Å². The average molecular weight is 218 g/mol. The summed E-state index contributed by atoms with van der Waals surface area (Å²) in [6.07, 6.45) is 0.492. The number of amides is 2. The molecule has 0 saturated heterocycles. The number of urea groups is 1. The number of carbonyl (C=O) groups is 2. The summed E-state index contributed by atoms with van der Waals surface area (Å²) >= 11 is 0. The van der Waals surface area contributed by atoms with Crippen LogP contribution < -0.4 is 0 Å². The zero-order valence-corrected chi connectivity index (χ0v) is 9.14. The van der Waals surface area contributed by atoms with Crippen molar-refractivity contribution >= 4 is 12.0 Å². The molecule has 0 aromatic rings. The lowest BCUT2D eigenvalue weighted by Crippen LogP contribution is -2.40. The first-order valence-electron chi connectivity index (χ1n) is 4.78. The standard InChI is InChI=1S/C9H18N2O4/c1-10(5-3-4-8(13)14)9(15)11(2)6-7-12/h12H,3-7H2,1-2H3,(H,13,14). The van der Waals surface area contributed by atoms with Crippen molar-refractivity contribution in [2.45, 2.75) is 12.8 Å². The van der Waals surface area contributed by atoms with Gasteiger partial charge in [-0.25, -0.2) is 4.79 Å². The first-order chi connectivity index (χ1) is 6.99. The highest BCUT2D eigenvalue weighted by molar-refractivity contribution is 5.73. The topological polar surface area (TPSA) is 81.1 Å². The molecule has 0 aliphatic rings. The number of rotatable bonds is 6. The van der Waals surface area contributed by atoms with E-state index in [4.69, 9.17) is 10.2 Å². The van der Waals surface area contributed by atoms with Crippen LogP contribution in [0.5, 0.6) is 0 Å². The number of nitrogens with zero attached hydrogens (tertiary/aromatic N) is 2. The van der Waals surface area contributed by atoms with Crippen molar-refractivity contribution in [1.29, 1.82) is 0 Å². The maximum Gasteiger partial charge on any atom is 0.319 e. The van der Waals surface area contributed by atoms with E-state index < -0.39 is 5.97 Å². The van der Waals surface area contributed by atoms with E-state index in [0.717, 1.165) is 0 Å². The third kappa shape index (κ3) is 5.90. The quantitative estimate of drug-likeness (QED) is 0.648. The van der Waals surface area contributed by atoms with Gasteiger partial charge in [0.05, 0.1) is 6.61 Å². The second-order valence-corrected chi connectivity index (χ2v) is 3.35.